The van der Waals surface area contributed by atoms with Gasteiger partial charge in [0.2, 0.25) is 0 Å². The van der Waals surface area contributed by atoms with Crippen LogP contribution in [0.15, 0.2) is 12.2 Å². The largest absolute Gasteiger partial charge is 0.394 e. The summed E-state index contributed by atoms with van der Waals surface area (Å²) in [5.41, 5.74) is 0.0984. The average Bonchev–Trinajstić information content (AvgIpc) is 2.71. The van der Waals surface area contributed by atoms with Crippen molar-refractivity contribution in [2.75, 3.05) is 19.7 Å². The molecule has 2 nitrogen and oxygen atoms in total. The van der Waals surface area contributed by atoms with E-state index in [4.69, 9.17) is 0 Å². The number of hydrogen-bond donors (Lipinski definition) is 1. The van der Waals surface area contributed by atoms with Crippen molar-refractivity contribution in [2.24, 2.45) is 5.92 Å². The second-order valence-electron chi connectivity index (χ2n) is 4.96. The number of nitrogens with zero attached hydrogens (tertiary/aromatic N) is 1. The Kier molecular flexibility index (Phi) is 2.93. The van der Waals surface area contributed by atoms with Gasteiger partial charge in [0, 0.05) is 18.6 Å². The molecule has 2 aliphatic rings. The molecular formula is C12H21NO. The predicted octanol–water partition coefficient (Wildman–Crippen LogP) is 1.80. The number of hydrogen-bond acceptors (Lipinski definition) is 2. The van der Waals surface area contributed by atoms with Gasteiger partial charge in [0.15, 0.2) is 0 Å². The van der Waals surface area contributed by atoms with Crippen LogP contribution in [0.3, 0.4) is 0 Å². The van der Waals surface area contributed by atoms with E-state index in [9.17, 15) is 5.11 Å². The van der Waals surface area contributed by atoms with E-state index in [0.29, 0.717) is 6.61 Å². The van der Waals surface area contributed by atoms with Gasteiger partial charge >= 0.3 is 0 Å². The van der Waals surface area contributed by atoms with Gasteiger partial charge in [-0.15, -0.1) is 0 Å². The van der Waals surface area contributed by atoms with Crippen molar-refractivity contribution in [1.82, 2.24) is 4.90 Å². The molecule has 14 heavy (non-hydrogen) atoms. The van der Waals surface area contributed by atoms with Crippen LogP contribution < -0.4 is 0 Å². The lowest BCUT2D eigenvalue weighted by atomic mass is 9.76. The summed E-state index contributed by atoms with van der Waals surface area (Å²) >= 11 is 0. The van der Waals surface area contributed by atoms with Crippen LogP contribution in [0.5, 0.6) is 0 Å². The molecule has 1 N–H and O–H groups in total. The van der Waals surface area contributed by atoms with Crippen molar-refractivity contribution < 1.29 is 5.11 Å². The molecule has 1 saturated carbocycles. The maximum Gasteiger partial charge on any atom is 0.0615 e. The standard InChI is InChI=1S/C12H21NO/c1-11-5-4-6-12(9-11,10-14)13-7-2-3-8-13/h2-3,11,14H,4-10H2,1H3. The molecule has 0 spiro atoms. The zero-order valence-electron chi connectivity index (χ0n) is 9.08. The lowest BCUT2D eigenvalue weighted by molar-refractivity contribution is 0.00527. The summed E-state index contributed by atoms with van der Waals surface area (Å²) in [6.45, 7) is 4.71. The van der Waals surface area contributed by atoms with Crippen LogP contribution in [0.25, 0.3) is 0 Å². The highest BCUT2D eigenvalue weighted by Crippen LogP contribution is 2.37. The summed E-state index contributed by atoms with van der Waals surface area (Å²) in [6, 6.07) is 0. The molecule has 2 rings (SSSR count). The molecule has 0 aromatic heterocycles. The molecule has 0 radical (unpaired) electrons. The molecule has 80 valence electrons. The monoisotopic (exact) mass is 195 g/mol. The van der Waals surface area contributed by atoms with Crippen molar-refractivity contribution >= 4 is 0 Å². The van der Waals surface area contributed by atoms with Gasteiger partial charge < -0.3 is 5.11 Å². The zero-order valence-corrected chi connectivity index (χ0v) is 9.08. The van der Waals surface area contributed by atoms with E-state index in [1.807, 2.05) is 0 Å². The smallest absolute Gasteiger partial charge is 0.0615 e. The normalized spacial score (nSPS) is 39.1. The maximum absolute atomic E-state index is 9.65. The molecule has 1 aliphatic heterocycles. The minimum atomic E-state index is 0.0984. The Labute approximate surface area is 86.6 Å². The Balaban J connectivity index is 2.07. The van der Waals surface area contributed by atoms with E-state index in [2.05, 4.69) is 24.0 Å². The molecule has 0 amide bonds. The van der Waals surface area contributed by atoms with E-state index >= 15 is 0 Å². The third-order valence-corrected chi connectivity index (χ3v) is 3.85. The van der Waals surface area contributed by atoms with Crippen LogP contribution >= 0.6 is 0 Å². The second kappa shape index (κ2) is 4.03. The minimum absolute atomic E-state index is 0.0984. The Morgan fingerprint density at radius 2 is 2.14 bits per heavy atom. The van der Waals surface area contributed by atoms with Gasteiger partial charge in [-0.05, 0) is 18.8 Å². The summed E-state index contributed by atoms with van der Waals surface area (Å²) < 4.78 is 0. The molecule has 1 fully saturated rings. The fourth-order valence-corrected chi connectivity index (χ4v) is 3.03. The first-order valence-corrected chi connectivity index (χ1v) is 5.78. The van der Waals surface area contributed by atoms with Crippen molar-refractivity contribution in [3.8, 4) is 0 Å². The molecule has 1 heterocycles. The van der Waals surface area contributed by atoms with Gasteiger partial charge in [-0.1, -0.05) is 31.9 Å². The number of aliphatic hydroxyl groups excluding tert-OH is 1. The summed E-state index contributed by atoms with van der Waals surface area (Å²) in [6.07, 6.45) is 9.40. The Hall–Kier alpha value is -0.340. The van der Waals surface area contributed by atoms with Crippen molar-refractivity contribution in [3.63, 3.8) is 0 Å². The van der Waals surface area contributed by atoms with E-state index in [1.54, 1.807) is 0 Å². The van der Waals surface area contributed by atoms with Crippen LogP contribution in [-0.2, 0) is 0 Å². The van der Waals surface area contributed by atoms with Crippen molar-refractivity contribution in [3.05, 3.63) is 12.2 Å². The van der Waals surface area contributed by atoms with Crippen LogP contribution in [0, 0.1) is 5.92 Å². The van der Waals surface area contributed by atoms with E-state index in [-0.39, 0.29) is 5.54 Å². The maximum atomic E-state index is 9.65. The number of rotatable bonds is 2. The first-order chi connectivity index (χ1) is 6.77. The third kappa shape index (κ3) is 1.73. The molecule has 2 heteroatoms. The van der Waals surface area contributed by atoms with Crippen molar-refractivity contribution in [2.45, 2.75) is 38.1 Å². The fraction of sp³-hybridized carbons (Fsp3) is 0.833. The summed E-state index contributed by atoms with van der Waals surface area (Å²) in [4.78, 5) is 2.45. The van der Waals surface area contributed by atoms with Crippen LogP contribution in [-0.4, -0.2) is 35.2 Å². The Bertz CT molecular complexity index is 218. The molecule has 2 unspecified atom stereocenters. The zero-order chi connectivity index (χ0) is 10.0. The molecule has 0 bridgehead atoms. The predicted molar refractivity (Wildman–Crippen MR) is 58.2 cm³/mol. The van der Waals surface area contributed by atoms with Crippen LogP contribution in [0.1, 0.15) is 32.6 Å². The van der Waals surface area contributed by atoms with Crippen LogP contribution in [0.2, 0.25) is 0 Å². The first-order valence-electron chi connectivity index (χ1n) is 5.78. The van der Waals surface area contributed by atoms with Gasteiger partial charge in [0.05, 0.1) is 6.61 Å². The van der Waals surface area contributed by atoms with E-state index < -0.39 is 0 Å². The summed E-state index contributed by atoms with van der Waals surface area (Å²) in [5.74, 6) is 0.775. The minimum Gasteiger partial charge on any atom is -0.394 e. The Morgan fingerprint density at radius 1 is 1.43 bits per heavy atom. The molecule has 0 aromatic rings. The molecular weight excluding hydrogens is 174 g/mol. The van der Waals surface area contributed by atoms with E-state index in [1.165, 1.54) is 25.7 Å². The van der Waals surface area contributed by atoms with Crippen molar-refractivity contribution in [1.29, 1.82) is 0 Å². The highest BCUT2D eigenvalue weighted by Gasteiger charge is 2.39. The van der Waals surface area contributed by atoms with Gasteiger partial charge in [-0.25, -0.2) is 0 Å². The van der Waals surface area contributed by atoms with E-state index in [0.717, 1.165) is 19.0 Å². The SMILES string of the molecule is CC1CCCC(CO)(N2CC=CC2)C1. The first kappa shape index (κ1) is 10.2. The van der Waals surface area contributed by atoms with Gasteiger partial charge in [-0.3, -0.25) is 4.90 Å². The highest BCUT2D eigenvalue weighted by molar-refractivity contribution is 5.04. The van der Waals surface area contributed by atoms with Gasteiger partial charge in [0.25, 0.3) is 0 Å². The lowest BCUT2D eigenvalue weighted by Gasteiger charge is -2.45. The Morgan fingerprint density at radius 3 is 2.71 bits per heavy atom. The summed E-state index contributed by atoms with van der Waals surface area (Å²) in [7, 11) is 0. The topological polar surface area (TPSA) is 23.5 Å². The number of aliphatic hydroxyl groups is 1. The third-order valence-electron chi connectivity index (χ3n) is 3.85. The fourth-order valence-electron chi connectivity index (χ4n) is 3.03. The summed E-state index contributed by atoms with van der Waals surface area (Å²) in [5, 5.41) is 9.65. The molecule has 0 saturated heterocycles. The molecule has 0 aromatic carbocycles. The quantitative estimate of drug-likeness (QED) is 0.679. The van der Waals surface area contributed by atoms with Crippen LogP contribution in [0.4, 0.5) is 0 Å². The second-order valence-corrected chi connectivity index (χ2v) is 4.96. The molecule has 2 atom stereocenters. The average molecular weight is 195 g/mol. The van der Waals surface area contributed by atoms with Gasteiger partial charge in [-0.2, -0.15) is 0 Å². The highest BCUT2D eigenvalue weighted by atomic mass is 16.3. The lowest BCUT2D eigenvalue weighted by Crippen LogP contribution is -2.53. The molecule has 1 aliphatic carbocycles. The van der Waals surface area contributed by atoms with Gasteiger partial charge in [0.1, 0.15) is 0 Å².